The van der Waals surface area contributed by atoms with Crippen LogP contribution in [-0.2, 0) is 23.9 Å². The van der Waals surface area contributed by atoms with Crippen LogP contribution in [0.3, 0.4) is 0 Å². The molecule has 0 aliphatic rings. The normalized spacial score (nSPS) is 11.2. The molecule has 0 aromatic heterocycles. The zero-order valence-electron chi connectivity index (χ0n) is 15.0. The minimum absolute atomic E-state index is 0.0279. The van der Waals surface area contributed by atoms with Gasteiger partial charge < -0.3 is 14.8 Å². The smallest absolute Gasteiger partial charge is 0.416 e. The van der Waals surface area contributed by atoms with Crippen molar-refractivity contribution in [2.45, 2.75) is 33.1 Å². The molecule has 0 atom stereocenters. The average molecular weight is 462 g/mol. The average Bonchev–Trinajstić information content (AvgIpc) is 2.61. The molecule has 0 fully saturated rings. The predicted octanol–water partition coefficient (Wildman–Crippen LogP) is 6.26. The molecule has 1 N–H and O–H groups in total. The fourth-order valence-corrected chi connectivity index (χ4v) is 3.24. The number of ether oxygens (including phenoxy) is 2. The van der Waals surface area contributed by atoms with Crippen molar-refractivity contribution in [2.75, 3.05) is 12.4 Å². The van der Waals surface area contributed by atoms with Gasteiger partial charge in [-0.15, -0.1) is 0 Å². The van der Waals surface area contributed by atoms with Gasteiger partial charge in [-0.25, -0.2) is 0 Å². The quantitative estimate of drug-likeness (QED) is 0.532. The Morgan fingerprint density at radius 1 is 1.26 bits per heavy atom. The van der Waals surface area contributed by atoms with Gasteiger partial charge in [0.1, 0.15) is 12.4 Å². The molecule has 0 heterocycles. The highest BCUT2D eigenvalue weighted by molar-refractivity contribution is 9.10. The third-order valence-corrected chi connectivity index (χ3v) is 4.94. The Morgan fingerprint density at radius 2 is 1.96 bits per heavy atom. The van der Waals surface area contributed by atoms with Gasteiger partial charge in [0.25, 0.3) is 5.17 Å². The molecule has 0 amide bonds. The summed E-state index contributed by atoms with van der Waals surface area (Å²) in [6, 6.07) is 7.55. The van der Waals surface area contributed by atoms with E-state index >= 15 is 0 Å². The second-order valence-corrected chi connectivity index (χ2v) is 7.02. The van der Waals surface area contributed by atoms with Gasteiger partial charge in [0.05, 0.1) is 17.1 Å². The first-order valence-corrected chi connectivity index (χ1v) is 9.33. The number of hydrogen-bond donors (Lipinski definition) is 1. The highest BCUT2D eigenvalue weighted by atomic mass is 79.9. The number of anilines is 1. The largest absolute Gasteiger partial charge is 0.488 e. The van der Waals surface area contributed by atoms with Crippen molar-refractivity contribution in [2.24, 2.45) is 0 Å². The van der Waals surface area contributed by atoms with Crippen LogP contribution in [-0.4, -0.2) is 12.3 Å². The van der Waals surface area contributed by atoms with E-state index in [4.69, 9.17) is 21.7 Å². The lowest BCUT2D eigenvalue weighted by molar-refractivity contribution is -0.138. The van der Waals surface area contributed by atoms with Crippen LogP contribution >= 0.6 is 28.1 Å². The van der Waals surface area contributed by atoms with Crippen molar-refractivity contribution in [3.8, 4) is 5.75 Å². The van der Waals surface area contributed by atoms with Gasteiger partial charge in [0.2, 0.25) is 0 Å². The molecule has 0 saturated carbocycles. The number of halogens is 4. The molecule has 0 saturated heterocycles. The monoisotopic (exact) mass is 461 g/mol. The summed E-state index contributed by atoms with van der Waals surface area (Å²) in [5.41, 5.74) is 1.50. The van der Waals surface area contributed by atoms with E-state index in [1.165, 1.54) is 19.2 Å². The van der Waals surface area contributed by atoms with Crippen LogP contribution in [0.4, 0.5) is 18.9 Å². The van der Waals surface area contributed by atoms with Crippen molar-refractivity contribution in [3.63, 3.8) is 0 Å². The van der Waals surface area contributed by atoms with E-state index in [0.29, 0.717) is 10.2 Å². The lowest BCUT2D eigenvalue weighted by atomic mass is 10.0. The van der Waals surface area contributed by atoms with Gasteiger partial charge >= 0.3 is 6.18 Å². The molecular formula is C19H19BrF3NO2S. The van der Waals surface area contributed by atoms with E-state index in [9.17, 15) is 13.2 Å². The van der Waals surface area contributed by atoms with E-state index < -0.39 is 11.7 Å². The third kappa shape index (κ3) is 5.35. The summed E-state index contributed by atoms with van der Waals surface area (Å²) in [4.78, 5) is 0. The first-order valence-electron chi connectivity index (χ1n) is 8.13. The zero-order chi connectivity index (χ0) is 20.2. The molecular weight excluding hydrogens is 443 g/mol. The fourth-order valence-electron chi connectivity index (χ4n) is 2.62. The Morgan fingerprint density at radius 3 is 2.56 bits per heavy atom. The second kappa shape index (κ2) is 8.93. The highest BCUT2D eigenvalue weighted by Gasteiger charge is 2.34. The SMILES string of the molecule is CCc1cc(Br)c(OCc2c(NC(=S)OC)cccc2C(F)(F)F)cc1C. The van der Waals surface area contributed by atoms with Crippen molar-refractivity contribution in [3.05, 3.63) is 57.1 Å². The van der Waals surface area contributed by atoms with Gasteiger partial charge in [-0.1, -0.05) is 13.0 Å². The van der Waals surface area contributed by atoms with E-state index in [-0.39, 0.29) is 23.0 Å². The van der Waals surface area contributed by atoms with Crippen LogP contribution in [0.1, 0.15) is 29.2 Å². The maximum atomic E-state index is 13.5. The van der Waals surface area contributed by atoms with Gasteiger partial charge in [-0.2, -0.15) is 13.2 Å². The molecule has 0 aliphatic carbocycles. The lowest BCUT2D eigenvalue weighted by Crippen LogP contribution is -2.17. The summed E-state index contributed by atoms with van der Waals surface area (Å²) in [6.07, 6.45) is -3.67. The Labute approximate surface area is 170 Å². The van der Waals surface area contributed by atoms with Crippen molar-refractivity contribution < 1.29 is 22.6 Å². The number of methoxy groups -OCH3 is 1. The van der Waals surface area contributed by atoms with E-state index in [2.05, 4.69) is 21.2 Å². The van der Waals surface area contributed by atoms with E-state index in [1.807, 2.05) is 26.0 Å². The van der Waals surface area contributed by atoms with Gasteiger partial charge in [-0.3, -0.25) is 0 Å². The molecule has 27 heavy (non-hydrogen) atoms. The summed E-state index contributed by atoms with van der Waals surface area (Å²) >= 11 is 8.33. The molecule has 0 aliphatic heterocycles. The minimum atomic E-state index is -4.52. The number of benzene rings is 2. The summed E-state index contributed by atoms with van der Waals surface area (Å²) < 4.78 is 51.6. The molecule has 2 aromatic rings. The van der Waals surface area contributed by atoms with Crippen LogP contribution in [0.2, 0.25) is 0 Å². The number of hydrogen-bond acceptors (Lipinski definition) is 3. The predicted molar refractivity (Wildman–Crippen MR) is 107 cm³/mol. The maximum Gasteiger partial charge on any atom is 0.416 e. The topological polar surface area (TPSA) is 30.5 Å². The van der Waals surface area contributed by atoms with Crippen molar-refractivity contribution in [1.29, 1.82) is 0 Å². The Bertz CT molecular complexity index is 840. The number of aryl methyl sites for hydroxylation is 2. The first kappa shape index (κ1) is 21.5. The number of alkyl halides is 3. The van der Waals surface area contributed by atoms with Crippen molar-refractivity contribution >= 4 is 39.0 Å². The maximum absolute atomic E-state index is 13.5. The molecule has 2 rings (SSSR count). The van der Waals surface area contributed by atoms with Crippen LogP contribution < -0.4 is 10.1 Å². The summed E-state index contributed by atoms with van der Waals surface area (Å²) in [7, 11) is 1.34. The van der Waals surface area contributed by atoms with Crippen LogP contribution in [0.15, 0.2) is 34.8 Å². The van der Waals surface area contributed by atoms with E-state index in [0.717, 1.165) is 23.6 Å². The van der Waals surface area contributed by atoms with Crippen LogP contribution in [0.5, 0.6) is 5.75 Å². The highest BCUT2D eigenvalue weighted by Crippen LogP contribution is 2.37. The standard InChI is InChI=1S/C19H19BrF3NO2S/c1-4-12-9-15(20)17(8-11(12)2)26-10-13-14(19(21,22)23)6-5-7-16(13)24-18(27)25-3/h5-9H,4,10H2,1-3H3,(H,24,27). The lowest BCUT2D eigenvalue weighted by Gasteiger charge is -2.19. The minimum Gasteiger partial charge on any atom is -0.488 e. The molecule has 0 spiro atoms. The molecule has 0 radical (unpaired) electrons. The molecule has 146 valence electrons. The number of nitrogens with one attached hydrogen (secondary N) is 1. The Kier molecular flexibility index (Phi) is 7.11. The summed E-state index contributed by atoms with van der Waals surface area (Å²) in [6.45, 7) is 3.69. The molecule has 0 unspecified atom stereocenters. The zero-order valence-corrected chi connectivity index (χ0v) is 17.4. The molecule has 8 heteroatoms. The summed E-state index contributed by atoms with van der Waals surface area (Å²) in [5.74, 6) is 0.474. The second-order valence-electron chi connectivity index (χ2n) is 5.80. The number of rotatable bonds is 5. The fraction of sp³-hybridized carbons (Fsp3) is 0.316. The van der Waals surface area contributed by atoms with Crippen LogP contribution in [0, 0.1) is 6.92 Å². The Balaban J connectivity index is 2.39. The third-order valence-electron chi connectivity index (χ3n) is 4.05. The number of thiocarbonyl (C=S) groups is 1. The molecule has 3 nitrogen and oxygen atoms in total. The van der Waals surface area contributed by atoms with Gasteiger partial charge in [0, 0.05) is 11.3 Å². The van der Waals surface area contributed by atoms with E-state index in [1.54, 1.807) is 0 Å². The molecule has 2 aromatic carbocycles. The van der Waals surface area contributed by atoms with Gasteiger partial charge in [-0.05, 0) is 76.9 Å². The molecule has 0 bridgehead atoms. The first-order chi connectivity index (χ1) is 12.7. The summed E-state index contributed by atoms with van der Waals surface area (Å²) in [5, 5.41) is 2.64. The van der Waals surface area contributed by atoms with Crippen LogP contribution in [0.25, 0.3) is 0 Å². The van der Waals surface area contributed by atoms with Gasteiger partial charge in [0.15, 0.2) is 0 Å². The Hall–Kier alpha value is -1.80. The van der Waals surface area contributed by atoms with Crippen molar-refractivity contribution in [1.82, 2.24) is 0 Å².